The van der Waals surface area contributed by atoms with Crippen LogP contribution in [0.15, 0.2) is 36.9 Å². The molecule has 0 amide bonds. The number of carbonyl (C=O) groups is 2. The predicted molar refractivity (Wildman–Crippen MR) is 165 cm³/mol. The van der Waals surface area contributed by atoms with Crippen molar-refractivity contribution < 1.29 is 19.1 Å². The molecule has 4 rings (SSSR count). The van der Waals surface area contributed by atoms with Crippen molar-refractivity contribution in [1.82, 2.24) is 9.97 Å². The molecule has 2 fully saturated rings. The van der Waals surface area contributed by atoms with E-state index in [2.05, 4.69) is 44.4 Å². The molecule has 0 aromatic carbocycles. The monoisotopic (exact) mass is 569 g/mol. The fourth-order valence-corrected chi connectivity index (χ4v) is 5.47. The highest BCUT2D eigenvalue weighted by molar-refractivity contribution is 5.70. The summed E-state index contributed by atoms with van der Waals surface area (Å²) >= 11 is 0. The number of hydrogen-bond donors (Lipinski definition) is 1. The lowest BCUT2D eigenvalue weighted by atomic mass is 9.98. The molecule has 2 N–H and O–H groups in total. The summed E-state index contributed by atoms with van der Waals surface area (Å²) in [6.07, 6.45) is 15.4. The molecule has 2 saturated heterocycles. The van der Waals surface area contributed by atoms with Gasteiger partial charge in [0, 0.05) is 43.6 Å². The number of pyridine rings is 2. The van der Waals surface area contributed by atoms with E-state index in [1.54, 1.807) is 6.20 Å². The Morgan fingerprint density at radius 3 is 1.78 bits per heavy atom. The van der Waals surface area contributed by atoms with Crippen molar-refractivity contribution in [3.05, 3.63) is 48.0 Å². The van der Waals surface area contributed by atoms with E-state index in [1.165, 1.54) is 58.4 Å². The van der Waals surface area contributed by atoms with Gasteiger partial charge in [0.1, 0.15) is 0 Å². The third kappa shape index (κ3) is 9.99. The van der Waals surface area contributed by atoms with Gasteiger partial charge in [0.25, 0.3) is 0 Å². The zero-order chi connectivity index (χ0) is 29.1. The van der Waals surface area contributed by atoms with Gasteiger partial charge in [0.05, 0.1) is 50.8 Å². The summed E-state index contributed by atoms with van der Waals surface area (Å²) in [6, 6.07) is 4.94. The fourth-order valence-electron chi connectivity index (χ4n) is 5.47. The Balaban J connectivity index is 0.000000280. The number of anilines is 2. The standard InChI is InChI=1S/C16H24N2O2.C15H23N3O2.CH4/c1-12(8-16(19)20-3)14-9-15(11-17-10-14)18-7-5-4-6-13(18)2;1-11-5-3-4-6-18(11)13-7-12(9-17-10-13)14(16)8-15(19)20-2;/h9-13H,4-8H2,1-3H3;7,9-11,14H,3-6,8,16H2,1-2H3;1H4/t12-,13+;11-,14+;/m10./s1. The molecule has 0 saturated carbocycles. The van der Waals surface area contributed by atoms with E-state index in [-0.39, 0.29) is 37.7 Å². The molecular weight excluding hydrogens is 518 g/mol. The zero-order valence-corrected chi connectivity index (χ0v) is 24.8. The van der Waals surface area contributed by atoms with E-state index in [0.717, 1.165) is 29.9 Å². The van der Waals surface area contributed by atoms with E-state index in [4.69, 9.17) is 10.5 Å². The summed E-state index contributed by atoms with van der Waals surface area (Å²) in [7, 11) is 2.80. The normalized spacial score (nSPS) is 20.0. The van der Waals surface area contributed by atoms with Crippen LogP contribution in [0.2, 0.25) is 0 Å². The Kier molecular flexibility index (Phi) is 14.0. The molecular formula is C32H51N5O4. The van der Waals surface area contributed by atoms with E-state index >= 15 is 0 Å². The van der Waals surface area contributed by atoms with Crippen LogP contribution in [0.3, 0.4) is 0 Å². The number of ether oxygens (including phenoxy) is 2. The second-order valence-corrected chi connectivity index (χ2v) is 11.1. The number of nitrogens with zero attached hydrogens (tertiary/aromatic N) is 4. The van der Waals surface area contributed by atoms with Gasteiger partial charge >= 0.3 is 11.9 Å². The lowest BCUT2D eigenvalue weighted by Gasteiger charge is -2.35. The minimum atomic E-state index is -0.366. The van der Waals surface area contributed by atoms with Crippen molar-refractivity contribution in [2.75, 3.05) is 37.1 Å². The summed E-state index contributed by atoms with van der Waals surface area (Å²) in [5.74, 6) is -0.335. The van der Waals surface area contributed by atoms with E-state index in [1.807, 2.05) is 31.6 Å². The highest BCUT2D eigenvalue weighted by Gasteiger charge is 2.21. The third-order valence-electron chi connectivity index (χ3n) is 8.07. The summed E-state index contributed by atoms with van der Waals surface area (Å²) < 4.78 is 9.39. The number of aromatic nitrogens is 2. The minimum absolute atomic E-state index is 0. The molecule has 41 heavy (non-hydrogen) atoms. The van der Waals surface area contributed by atoms with Gasteiger partial charge in [-0.2, -0.15) is 0 Å². The first-order valence-electron chi connectivity index (χ1n) is 14.6. The SMILES string of the molecule is C.COC(=O)C[C@@H](C)c1cncc(N2CCCC[C@@H]2C)c1.COC(=O)C[C@@H](N)c1cncc(N2CCCC[C@@H]2C)c1. The quantitative estimate of drug-likeness (QED) is 0.395. The maximum atomic E-state index is 11.4. The van der Waals surface area contributed by atoms with Crippen LogP contribution >= 0.6 is 0 Å². The largest absolute Gasteiger partial charge is 0.469 e. The number of esters is 2. The smallest absolute Gasteiger partial charge is 0.307 e. The van der Waals surface area contributed by atoms with Gasteiger partial charge in [-0.3, -0.25) is 19.6 Å². The molecule has 2 aliphatic rings. The molecule has 2 aromatic rings. The number of methoxy groups -OCH3 is 2. The average Bonchev–Trinajstić information content (AvgIpc) is 2.98. The van der Waals surface area contributed by atoms with Crippen molar-refractivity contribution in [2.24, 2.45) is 5.73 Å². The number of piperidine rings is 2. The van der Waals surface area contributed by atoms with E-state index in [0.29, 0.717) is 18.5 Å². The first-order valence-corrected chi connectivity index (χ1v) is 14.6. The summed E-state index contributed by atoms with van der Waals surface area (Å²) in [5, 5.41) is 0. The van der Waals surface area contributed by atoms with Gasteiger partial charge in [0.15, 0.2) is 0 Å². The summed E-state index contributed by atoms with van der Waals surface area (Å²) in [4.78, 5) is 36.1. The molecule has 0 aliphatic carbocycles. The molecule has 0 spiro atoms. The van der Waals surface area contributed by atoms with Crippen molar-refractivity contribution in [3.63, 3.8) is 0 Å². The topological polar surface area (TPSA) is 111 Å². The maximum Gasteiger partial charge on any atom is 0.307 e. The minimum Gasteiger partial charge on any atom is -0.469 e. The van der Waals surface area contributed by atoms with Gasteiger partial charge in [0.2, 0.25) is 0 Å². The Bertz CT molecular complexity index is 1010. The lowest BCUT2D eigenvalue weighted by Crippen LogP contribution is -2.37. The van der Waals surface area contributed by atoms with Gasteiger partial charge in [-0.25, -0.2) is 0 Å². The number of carbonyl (C=O) groups excluding carboxylic acids is 2. The lowest BCUT2D eigenvalue weighted by molar-refractivity contribution is -0.141. The highest BCUT2D eigenvalue weighted by Crippen LogP contribution is 2.28. The summed E-state index contributed by atoms with van der Waals surface area (Å²) in [5.41, 5.74) is 10.3. The highest BCUT2D eigenvalue weighted by atomic mass is 16.5. The number of rotatable bonds is 8. The molecule has 9 heteroatoms. The molecule has 2 aliphatic heterocycles. The van der Waals surface area contributed by atoms with Crippen LogP contribution in [0.25, 0.3) is 0 Å². The van der Waals surface area contributed by atoms with Gasteiger partial charge in [-0.05, 0) is 81.5 Å². The van der Waals surface area contributed by atoms with Crippen molar-refractivity contribution in [1.29, 1.82) is 0 Å². The first kappa shape index (κ1) is 34.0. The van der Waals surface area contributed by atoms with Crippen molar-refractivity contribution in [2.45, 2.75) is 104 Å². The second-order valence-electron chi connectivity index (χ2n) is 11.1. The fraction of sp³-hybridized carbons (Fsp3) is 0.625. The third-order valence-corrected chi connectivity index (χ3v) is 8.07. The van der Waals surface area contributed by atoms with Crippen LogP contribution in [0.4, 0.5) is 11.4 Å². The number of nitrogens with two attached hydrogens (primary N) is 1. The van der Waals surface area contributed by atoms with Gasteiger partial charge in [-0.1, -0.05) is 14.4 Å². The molecule has 4 heterocycles. The molecule has 4 atom stereocenters. The van der Waals surface area contributed by atoms with Crippen LogP contribution in [0, 0.1) is 0 Å². The Morgan fingerprint density at radius 1 is 0.829 bits per heavy atom. The molecule has 0 unspecified atom stereocenters. The van der Waals surface area contributed by atoms with Crippen LogP contribution < -0.4 is 15.5 Å². The maximum absolute atomic E-state index is 11.4. The first-order chi connectivity index (χ1) is 19.2. The molecule has 2 aromatic heterocycles. The van der Waals surface area contributed by atoms with Crippen molar-refractivity contribution >= 4 is 23.3 Å². The van der Waals surface area contributed by atoms with Crippen LogP contribution in [0.5, 0.6) is 0 Å². The Labute approximate surface area is 246 Å². The van der Waals surface area contributed by atoms with Crippen molar-refractivity contribution in [3.8, 4) is 0 Å². The van der Waals surface area contributed by atoms with E-state index in [9.17, 15) is 9.59 Å². The molecule has 9 nitrogen and oxygen atoms in total. The summed E-state index contributed by atoms with van der Waals surface area (Å²) in [6.45, 7) is 8.69. The average molecular weight is 570 g/mol. The Morgan fingerprint density at radius 2 is 1.29 bits per heavy atom. The van der Waals surface area contributed by atoms with E-state index < -0.39 is 0 Å². The molecule has 0 radical (unpaired) electrons. The Hall–Kier alpha value is -3.20. The predicted octanol–water partition coefficient (Wildman–Crippen LogP) is 5.79. The van der Waals surface area contributed by atoms with Gasteiger partial charge in [-0.15, -0.1) is 0 Å². The zero-order valence-electron chi connectivity index (χ0n) is 24.8. The number of hydrogen-bond acceptors (Lipinski definition) is 9. The molecule has 0 bridgehead atoms. The van der Waals surface area contributed by atoms with Gasteiger partial charge < -0.3 is 25.0 Å². The van der Waals surface area contributed by atoms with Crippen LogP contribution in [-0.4, -0.2) is 61.3 Å². The van der Waals surface area contributed by atoms with Crippen LogP contribution in [0.1, 0.15) is 103 Å². The second kappa shape index (κ2) is 16.9. The molecule has 228 valence electrons. The van der Waals surface area contributed by atoms with Crippen LogP contribution in [-0.2, 0) is 19.1 Å².